The number of hydrogen-bond donors (Lipinski definition) is 1. The van der Waals surface area contributed by atoms with Crippen molar-refractivity contribution < 1.29 is 9.59 Å². The van der Waals surface area contributed by atoms with Gasteiger partial charge in [-0.15, -0.1) is 0 Å². The van der Waals surface area contributed by atoms with Crippen LogP contribution in [0.1, 0.15) is 37.7 Å². The number of carbonyl (C=O) groups excluding carboxylic acids is 2. The van der Waals surface area contributed by atoms with Crippen LogP contribution in [0.2, 0.25) is 5.02 Å². The van der Waals surface area contributed by atoms with Crippen LogP contribution >= 0.6 is 11.6 Å². The second kappa shape index (κ2) is 7.65. The van der Waals surface area contributed by atoms with Crippen LogP contribution in [0.5, 0.6) is 0 Å². The van der Waals surface area contributed by atoms with E-state index in [1.165, 1.54) is 12.8 Å². The standard InChI is InChI=1S/C19H26ClN3O2/c1-13-7-8-15(10-17(13)20)21-19(25)22(2)11-14-9-18(24)23(12-14)16-5-3-4-6-16/h7-8,10,14,16H,3-6,9,11-12H2,1-2H3,(H,21,25). The van der Waals surface area contributed by atoms with Gasteiger partial charge in [0.15, 0.2) is 0 Å². The molecule has 0 radical (unpaired) electrons. The van der Waals surface area contributed by atoms with E-state index in [1.54, 1.807) is 18.0 Å². The highest BCUT2D eigenvalue weighted by Gasteiger charge is 2.36. The van der Waals surface area contributed by atoms with E-state index in [2.05, 4.69) is 5.32 Å². The first-order valence-electron chi connectivity index (χ1n) is 9.02. The zero-order valence-corrected chi connectivity index (χ0v) is 15.7. The van der Waals surface area contributed by atoms with Gasteiger partial charge in [0.05, 0.1) is 0 Å². The maximum absolute atomic E-state index is 12.4. The van der Waals surface area contributed by atoms with E-state index in [-0.39, 0.29) is 17.9 Å². The van der Waals surface area contributed by atoms with Gasteiger partial charge in [-0.1, -0.05) is 30.5 Å². The highest BCUT2D eigenvalue weighted by molar-refractivity contribution is 6.31. The number of aryl methyl sites for hydroxylation is 1. The van der Waals surface area contributed by atoms with Crippen molar-refractivity contribution in [3.63, 3.8) is 0 Å². The fourth-order valence-electron chi connectivity index (χ4n) is 3.86. The zero-order chi connectivity index (χ0) is 18.0. The number of rotatable bonds is 4. The van der Waals surface area contributed by atoms with Crippen molar-refractivity contribution in [1.82, 2.24) is 9.80 Å². The van der Waals surface area contributed by atoms with Gasteiger partial charge in [0, 0.05) is 49.2 Å². The number of hydrogen-bond acceptors (Lipinski definition) is 2. The lowest BCUT2D eigenvalue weighted by atomic mass is 10.1. The molecule has 1 aliphatic heterocycles. The van der Waals surface area contributed by atoms with Gasteiger partial charge in [0.2, 0.25) is 5.91 Å². The molecule has 25 heavy (non-hydrogen) atoms. The molecule has 5 nitrogen and oxygen atoms in total. The SMILES string of the molecule is Cc1ccc(NC(=O)N(C)CC2CC(=O)N(C3CCCC3)C2)cc1Cl. The Morgan fingerprint density at radius 1 is 1.36 bits per heavy atom. The van der Waals surface area contributed by atoms with Crippen molar-refractivity contribution in [3.8, 4) is 0 Å². The average molecular weight is 364 g/mol. The fraction of sp³-hybridized carbons (Fsp3) is 0.579. The van der Waals surface area contributed by atoms with Gasteiger partial charge in [0.1, 0.15) is 0 Å². The highest BCUT2D eigenvalue weighted by atomic mass is 35.5. The number of nitrogens with one attached hydrogen (secondary N) is 1. The third-order valence-electron chi connectivity index (χ3n) is 5.31. The first kappa shape index (κ1) is 18.1. The van der Waals surface area contributed by atoms with Crippen LogP contribution in [0, 0.1) is 12.8 Å². The number of nitrogens with zero attached hydrogens (tertiary/aromatic N) is 2. The molecule has 3 rings (SSSR count). The molecule has 1 atom stereocenters. The van der Waals surface area contributed by atoms with Crippen LogP contribution in [-0.4, -0.2) is 47.9 Å². The van der Waals surface area contributed by atoms with Gasteiger partial charge in [-0.25, -0.2) is 4.79 Å². The second-order valence-electron chi connectivity index (χ2n) is 7.33. The fourth-order valence-corrected chi connectivity index (χ4v) is 4.04. The lowest BCUT2D eigenvalue weighted by molar-refractivity contribution is -0.129. The predicted octanol–water partition coefficient (Wildman–Crippen LogP) is 3.90. The van der Waals surface area contributed by atoms with E-state index in [0.717, 1.165) is 24.9 Å². The number of urea groups is 1. The molecule has 1 saturated carbocycles. The Hall–Kier alpha value is -1.75. The Morgan fingerprint density at radius 2 is 2.08 bits per heavy atom. The molecule has 1 aliphatic carbocycles. The van der Waals surface area contributed by atoms with Crippen LogP contribution in [0.4, 0.5) is 10.5 Å². The van der Waals surface area contributed by atoms with Crippen LogP contribution < -0.4 is 5.32 Å². The van der Waals surface area contributed by atoms with Crippen molar-refractivity contribution in [2.45, 2.75) is 45.1 Å². The van der Waals surface area contributed by atoms with Gasteiger partial charge in [-0.05, 0) is 37.5 Å². The first-order valence-corrected chi connectivity index (χ1v) is 9.39. The molecule has 2 aliphatic rings. The number of carbonyl (C=O) groups is 2. The van der Waals surface area contributed by atoms with Gasteiger partial charge in [0.25, 0.3) is 0 Å². The minimum atomic E-state index is -0.174. The van der Waals surface area contributed by atoms with E-state index in [9.17, 15) is 9.59 Å². The van der Waals surface area contributed by atoms with Crippen molar-refractivity contribution >= 4 is 29.2 Å². The van der Waals surface area contributed by atoms with E-state index in [0.29, 0.717) is 29.7 Å². The smallest absolute Gasteiger partial charge is 0.321 e. The molecule has 1 N–H and O–H groups in total. The summed E-state index contributed by atoms with van der Waals surface area (Å²) < 4.78 is 0. The second-order valence-corrected chi connectivity index (χ2v) is 7.74. The van der Waals surface area contributed by atoms with E-state index in [1.807, 2.05) is 24.0 Å². The summed E-state index contributed by atoms with van der Waals surface area (Å²) in [4.78, 5) is 28.4. The maximum atomic E-state index is 12.4. The molecule has 136 valence electrons. The molecular formula is C19H26ClN3O2. The number of likely N-dealkylation sites (tertiary alicyclic amines) is 1. The van der Waals surface area contributed by atoms with Gasteiger partial charge < -0.3 is 15.1 Å². The average Bonchev–Trinajstić information content (AvgIpc) is 3.20. The summed E-state index contributed by atoms with van der Waals surface area (Å²) in [7, 11) is 1.77. The van der Waals surface area contributed by atoms with Gasteiger partial charge in [-0.2, -0.15) is 0 Å². The topological polar surface area (TPSA) is 52.7 Å². The molecule has 2 fully saturated rings. The quantitative estimate of drug-likeness (QED) is 0.881. The van der Waals surface area contributed by atoms with Crippen LogP contribution in [0.3, 0.4) is 0 Å². The highest BCUT2D eigenvalue weighted by Crippen LogP contribution is 2.29. The van der Waals surface area contributed by atoms with Crippen LogP contribution in [-0.2, 0) is 4.79 Å². The number of halogens is 1. The van der Waals surface area contributed by atoms with E-state index in [4.69, 9.17) is 11.6 Å². The Labute approximate surface area is 154 Å². The molecule has 3 amide bonds. The van der Waals surface area contributed by atoms with E-state index >= 15 is 0 Å². The van der Waals surface area contributed by atoms with Gasteiger partial charge in [-0.3, -0.25) is 4.79 Å². The zero-order valence-electron chi connectivity index (χ0n) is 14.9. The molecule has 1 heterocycles. The molecular weight excluding hydrogens is 338 g/mol. The largest absolute Gasteiger partial charge is 0.339 e. The summed E-state index contributed by atoms with van der Waals surface area (Å²) in [5, 5.41) is 3.50. The number of amides is 3. The monoisotopic (exact) mass is 363 g/mol. The summed E-state index contributed by atoms with van der Waals surface area (Å²) in [5.41, 5.74) is 1.66. The first-order chi connectivity index (χ1) is 11.9. The predicted molar refractivity (Wildman–Crippen MR) is 99.9 cm³/mol. The molecule has 1 aromatic rings. The Kier molecular flexibility index (Phi) is 5.52. The van der Waals surface area contributed by atoms with Gasteiger partial charge >= 0.3 is 6.03 Å². The Morgan fingerprint density at radius 3 is 2.76 bits per heavy atom. The lowest BCUT2D eigenvalue weighted by Crippen LogP contribution is -2.37. The molecule has 0 bridgehead atoms. The summed E-state index contributed by atoms with van der Waals surface area (Å²) in [6, 6.07) is 5.72. The Balaban J connectivity index is 1.53. The lowest BCUT2D eigenvalue weighted by Gasteiger charge is -2.25. The molecule has 0 spiro atoms. The van der Waals surface area contributed by atoms with Crippen LogP contribution in [0.25, 0.3) is 0 Å². The molecule has 1 saturated heterocycles. The minimum Gasteiger partial charge on any atom is -0.339 e. The van der Waals surface area contributed by atoms with Crippen molar-refractivity contribution in [2.75, 3.05) is 25.5 Å². The third-order valence-corrected chi connectivity index (χ3v) is 5.71. The number of benzene rings is 1. The summed E-state index contributed by atoms with van der Waals surface area (Å²) in [5.74, 6) is 0.460. The molecule has 6 heteroatoms. The third kappa shape index (κ3) is 4.27. The van der Waals surface area contributed by atoms with Crippen molar-refractivity contribution in [2.24, 2.45) is 5.92 Å². The Bertz CT molecular complexity index is 658. The summed E-state index contributed by atoms with van der Waals surface area (Å²) in [6.45, 7) is 3.28. The molecule has 1 aromatic carbocycles. The summed E-state index contributed by atoms with van der Waals surface area (Å²) in [6.07, 6.45) is 5.25. The minimum absolute atomic E-state index is 0.174. The normalized spacial score (nSPS) is 21.0. The molecule has 0 aromatic heterocycles. The van der Waals surface area contributed by atoms with Crippen molar-refractivity contribution in [1.29, 1.82) is 0 Å². The summed E-state index contributed by atoms with van der Waals surface area (Å²) >= 11 is 6.10. The number of anilines is 1. The van der Waals surface area contributed by atoms with Crippen LogP contribution in [0.15, 0.2) is 18.2 Å². The van der Waals surface area contributed by atoms with E-state index < -0.39 is 0 Å². The molecule has 1 unspecified atom stereocenters. The maximum Gasteiger partial charge on any atom is 0.321 e. The van der Waals surface area contributed by atoms with Crippen molar-refractivity contribution in [3.05, 3.63) is 28.8 Å².